The lowest BCUT2D eigenvalue weighted by Crippen LogP contribution is -2.60. The third-order valence-electron chi connectivity index (χ3n) is 3.50. The summed E-state index contributed by atoms with van der Waals surface area (Å²) in [6, 6.07) is 0. The molecule has 1 unspecified atom stereocenters. The van der Waals surface area contributed by atoms with Crippen molar-refractivity contribution in [3.63, 3.8) is 0 Å². The average Bonchev–Trinajstić information content (AvgIpc) is 2.70. The molecule has 3 saturated heterocycles. The van der Waals surface area contributed by atoms with Crippen LogP contribution >= 0.6 is 0 Å². The number of aliphatic hydroxyl groups excluding tert-OH is 1. The average molecular weight is 260 g/mol. The van der Waals surface area contributed by atoms with Gasteiger partial charge in [-0.1, -0.05) is 0 Å². The van der Waals surface area contributed by atoms with Gasteiger partial charge in [0.2, 0.25) is 5.79 Å². The van der Waals surface area contributed by atoms with Gasteiger partial charge in [-0.05, 0) is 27.7 Å². The van der Waals surface area contributed by atoms with Crippen molar-refractivity contribution < 1.29 is 28.8 Å². The van der Waals surface area contributed by atoms with Crippen molar-refractivity contribution in [1.29, 1.82) is 0 Å². The summed E-state index contributed by atoms with van der Waals surface area (Å²) in [6.45, 7) is 7.35. The first-order chi connectivity index (χ1) is 8.27. The Morgan fingerprint density at radius 3 is 2.44 bits per heavy atom. The zero-order valence-electron chi connectivity index (χ0n) is 11.1. The lowest BCUT2D eigenvalue weighted by atomic mass is 9.98. The number of hydrogen-bond donors (Lipinski definition) is 1. The van der Waals surface area contributed by atoms with Crippen molar-refractivity contribution in [1.82, 2.24) is 0 Å². The number of ether oxygens (including phenoxy) is 5. The molecule has 0 aromatic rings. The quantitative estimate of drug-likeness (QED) is 0.735. The molecule has 6 heteroatoms. The second-order valence-electron chi connectivity index (χ2n) is 5.96. The summed E-state index contributed by atoms with van der Waals surface area (Å²) in [5, 5.41) is 9.61. The molecule has 0 radical (unpaired) electrons. The predicted molar refractivity (Wildman–Crippen MR) is 59.6 cm³/mol. The van der Waals surface area contributed by atoms with Gasteiger partial charge in [-0.25, -0.2) is 0 Å². The van der Waals surface area contributed by atoms with Crippen LogP contribution in [0.25, 0.3) is 0 Å². The van der Waals surface area contributed by atoms with E-state index in [9.17, 15) is 5.11 Å². The summed E-state index contributed by atoms with van der Waals surface area (Å²) in [6.07, 6.45) is -0.970. The van der Waals surface area contributed by atoms with E-state index in [1.165, 1.54) is 0 Å². The molecule has 0 aromatic heterocycles. The highest BCUT2D eigenvalue weighted by atomic mass is 16.9. The summed E-state index contributed by atoms with van der Waals surface area (Å²) < 4.78 is 28.9. The summed E-state index contributed by atoms with van der Waals surface area (Å²) in [7, 11) is 0. The van der Waals surface area contributed by atoms with Crippen LogP contribution in [0.3, 0.4) is 0 Å². The predicted octanol–water partition coefficient (Wildman–Crippen LogP) is 0.377. The molecule has 4 atom stereocenters. The molecule has 18 heavy (non-hydrogen) atoms. The fourth-order valence-electron chi connectivity index (χ4n) is 2.96. The molecule has 3 aliphatic rings. The van der Waals surface area contributed by atoms with Gasteiger partial charge >= 0.3 is 0 Å². The summed E-state index contributed by atoms with van der Waals surface area (Å²) in [5.74, 6) is -2.62. The van der Waals surface area contributed by atoms with Crippen LogP contribution in [-0.4, -0.2) is 54.0 Å². The maximum absolute atomic E-state index is 9.61. The van der Waals surface area contributed by atoms with Crippen LogP contribution in [0.1, 0.15) is 27.7 Å². The van der Waals surface area contributed by atoms with Gasteiger partial charge in [0.25, 0.3) is 0 Å². The molecule has 0 amide bonds. The third kappa shape index (κ3) is 1.79. The Hall–Kier alpha value is -0.240. The molecule has 0 bridgehead atoms. The van der Waals surface area contributed by atoms with Crippen LogP contribution in [0.15, 0.2) is 0 Å². The Labute approximate surface area is 106 Å². The molecule has 0 aliphatic carbocycles. The zero-order chi connectivity index (χ0) is 13.2. The third-order valence-corrected chi connectivity index (χ3v) is 3.50. The Kier molecular flexibility index (Phi) is 2.59. The van der Waals surface area contributed by atoms with Gasteiger partial charge in [0.1, 0.15) is 24.9 Å². The zero-order valence-corrected chi connectivity index (χ0v) is 11.1. The second-order valence-corrected chi connectivity index (χ2v) is 5.96. The smallest absolute Gasteiger partial charge is 0.224 e. The van der Waals surface area contributed by atoms with E-state index in [2.05, 4.69) is 0 Å². The van der Waals surface area contributed by atoms with Crippen LogP contribution in [0.4, 0.5) is 0 Å². The number of rotatable bonds is 1. The highest BCUT2D eigenvalue weighted by Gasteiger charge is 2.65. The van der Waals surface area contributed by atoms with E-state index in [4.69, 9.17) is 23.7 Å². The summed E-state index contributed by atoms with van der Waals surface area (Å²) >= 11 is 0. The van der Waals surface area contributed by atoms with Crippen LogP contribution in [-0.2, 0) is 23.7 Å². The van der Waals surface area contributed by atoms with E-state index >= 15 is 0 Å². The molecule has 104 valence electrons. The fourth-order valence-corrected chi connectivity index (χ4v) is 2.96. The summed E-state index contributed by atoms with van der Waals surface area (Å²) in [5.41, 5.74) is 0. The second kappa shape index (κ2) is 3.65. The van der Waals surface area contributed by atoms with E-state index in [0.29, 0.717) is 6.61 Å². The molecule has 3 fully saturated rings. The Morgan fingerprint density at radius 2 is 1.78 bits per heavy atom. The number of fused-ring (bicyclic) bond motifs is 3. The van der Waals surface area contributed by atoms with E-state index in [1.807, 2.05) is 13.8 Å². The molecule has 1 N–H and O–H groups in total. The van der Waals surface area contributed by atoms with Crippen LogP contribution in [0.2, 0.25) is 0 Å². The minimum atomic E-state index is -1.14. The van der Waals surface area contributed by atoms with Crippen molar-refractivity contribution in [3.8, 4) is 0 Å². The first kappa shape index (κ1) is 12.8. The van der Waals surface area contributed by atoms with Gasteiger partial charge in [0.15, 0.2) is 11.6 Å². The van der Waals surface area contributed by atoms with Crippen molar-refractivity contribution in [2.45, 2.75) is 63.4 Å². The summed E-state index contributed by atoms with van der Waals surface area (Å²) in [4.78, 5) is 0. The van der Waals surface area contributed by atoms with Crippen molar-refractivity contribution in [3.05, 3.63) is 0 Å². The maximum Gasteiger partial charge on any atom is 0.224 e. The van der Waals surface area contributed by atoms with Crippen LogP contribution < -0.4 is 0 Å². The van der Waals surface area contributed by atoms with Crippen LogP contribution in [0.5, 0.6) is 0 Å². The van der Waals surface area contributed by atoms with Gasteiger partial charge in [-0.2, -0.15) is 0 Å². The normalized spacial score (nSPS) is 48.8. The maximum atomic E-state index is 9.61. The van der Waals surface area contributed by atoms with E-state index in [0.717, 1.165) is 0 Å². The van der Waals surface area contributed by atoms with Crippen molar-refractivity contribution in [2.75, 3.05) is 13.2 Å². The molecule has 6 nitrogen and oxygen atoms in total. The van der Waals surface area contributed by atoms with Gasteiger partial charge in [-0.3, -0.25) is 0 Å². The molecule has 3 aliphatic heterocycles. The Bertz CT molecular complexity index is 354. The minimum Gasteiger partial charge on any atom is -0.391 e. The molecule has 0 aromatic carbocycles. The lowest BCUT2D eigenvalue weighted by Gasteiger charge is -2.39. The molecule has 3 rings (SSSR count). The molecular formula is C12H20O6. The van der Waals surface area contributed by atoms with Crippen LogP contribution in [0, 0.1) is 0 Å². The lowest BCUT2D eigenvalue weighted by molar-refractivity contribution is -0.294. The van der Waals surface area contributed by atoms with Gasteiger partial charge < -0.3 is 28.8 Å². The number of aliphatic hydroxyl groups is 1. The molecule has 0 saturated carbocycles. The largest absolute Gasteiger partial charge is 0.391 e. The monoisotopic (exact) mass is 260 g/mol. The minimum absolute atomic E-state index is 0.192. The van der Waals surface area contributed by atoms with Crippen molar-refractivity contribution in [2.24, 2.45) is 0 Å². The van der Waals surface area contributed by atoms with E-state index < -0.39 is 23.5 Å². The van der Waals surface area contributed by atoms with Crippen molar-refractivity contribution >= 4 is 0 Å². The number of hydrogen-bond acceptors (Lipinski definition) is 6. The standard InChI is InChI=1S/C12H20O6/c1-10(2)15-7-5-14-12(6-13)9(8(7)16-10)17-11(3,4)18-12/h7-9,13H,5-6H2,1-4H3/t7-,8-,9?,12+/m0/s1. The van der Waals surface area contributed by atoms with E-state index in [1.54, 1.807) is 13.8 Å². The highest BCUT2D eigenvalue weighted by Crippen LogP contribution is 2.47. The topological polar surface area (TPSA) is 66.4 Å². The molecular weight excluding hydrogens is 240 g/mol. The first-order valence-electron chi connectivity index (χ1n) is 6.25. The van der Waals surface area contributed by atoms with Gasteiger partial charge in [-0.15, -0.1) is 0 Å². The highest BCUT2D eigenvalue weighted by molar-refractivity contribution is 5.03. The van der Waals surface area contributed by atoms with Gasteiger partial charge in [0, 0.05) is 0 Å². The van der Waals surface area contributed by atoms with Gasteiger partial charge in [0.05, 0.1) is 6.61 Å². The first-order valence-corrected chi connectivity index (χ1v) is 6.25. The Balaban J connectivity index is 1.90. The molecule has 3 heterocycles. The fraction of sp³-hybridized carbons (Fsp3) is 1.00. The van der Waals surface area contributed by atoms with E-state index in [-0.39, 0.29) is 18.8 Å². The molecule has 0 spiro atoms. The SMILES string of the molecule is CC1(C)O[C@H]2CO[C@]3(CO)OC(C)(C)OC3[C@H]2O1. The Morgan fingerprint density at radius 1 is 1.06 bits per heavy atom.